The molecule has 0 radical (unpaired) electrons. The van der Waals surface area contributed by atoms with Crippen molar-refractivity contribution < 1.29 is 5.11 Å². The van der Waals surface area contributed by atoms with Crippen molar-refractivity contribution in [1.29, 1.82) is 0 Å². The monoisotopic (exact) mass is 308 g/mol. The van der Waals surface area contributed by atoms with Crippen LogP contribution in [-0.4, -0.2) is 11.4 Å². The molecule has 0 amide bonds. The number of phenolic OH excluding ortho intramolecular Hbond substituents is 1. The van der Waals surface area contributed by atoms with Gasteiger partial charge in [-0.25, -0.2) is 0 Å². The van der Waals surface area contributed by atoms with Crippen molar-refractivity contribution in [2.75, 3.05) is 6.26 Å². The second-order valence-electron chi connectivity index (χ2n) is 4.85. The van der Waals surface area contributed by atoms with Gasteiger partial charge >= 0.3 is 0 Å². The fourth-order valence-corrected chi connectivity index (χ4v) is 2.92. The SMILES string of the molecule is C=CC.CSc1cccc2cc(-c3cccc(O)c3)ccc12. The summed E-state index contributed by atoms with van der Waals surface area (Å²) in [5.74, 6) is 0.301. The molecule has 0 fully saturated rings. The summed E-state index contributed by atoms with van der Waals surface area (Å²) >= 11 is 1.76. The Hall–Kier alpha value is -2.19. The van der Waals surface area contributed by atoms with E-state index in [1.807, 2.05) is 19.1 Å². The lowest BCUT2D eigenvalue weighted by Gasteiger charge is -2.07. The Labute approximate surface area is 136 Å². The zero-order chi connectivity index (χ0) is 15.9. The van der Waals surface area contributed by atoms with E-state index >= 15 is 0 Å². The minimum atomic E-state index is 0.301. The lowest BCUT2D eigenvalue weighted by Crippen LogP contribution is -1.81. The predicted octanol–water partition coefficient (Wildman–Crippen LogP) is 6.13. The van der Waals surface area contributed by atoms with Gasteiger partial charge in [-0.15, -0.1) is 18.3 Å². The molecule has 22 heavy (non-hydrogen) atoms. The van der Waals surface area contributed by atoms with E-state index in [0.717, 1.165) is 11.1 Å². The minimum absolute atomic E-state index is 0.301. The third kappa shape index (κ3) is 3.71. The van der Waals surface area contributed by atoms with Gasteiger partial charge in [0, 0.05) is 4.90 Å². The first-order valence-corrected chi connectivity index (χ1v) is 8.35. The zero-order valence-corrected chi connectivity index (χ0v) is 13.7. The van der Waals surface area contributed by atoms with Gasteiger partial charge in [0.05, 0.1) is 0 Å². The van der Waals surface area contributed by atoms with E-state index in [-0.39, 0.29) is 0 Å². The second-order valence-corrected chi connectivity index (χ2v) is 5.70. The van der Waals surface area contributed by atoms with Crippen LogP contribution in [0.4, 0.5) is 0 Å². The van der Waals surface area contributed by atoms with Gasteiger partial charge in [-0.1, -0.05) is 42.5 Å². The number of phenols is 1. The first-order valence-electron chi connectivity index (χ1n) is 7.12. The molecule has 0 bridgehead atoms. The number of thioether (sulfide) groups is 1. The number of hydrogen-bond acceptors (Lipinski definition) is 2. The normalized spacial score (nSPS) is 9.91. The molecule has 0 heterocycles. The molecule has 1 nitrogen and oxygen atoms in total. The minimum Gasteiger partial charge on any atom is -0.508 e. The molecule has 0 unspecified atom stereocenters. The topological polar surface area (TPSA) is 20.2 Å². The third-order valence-electron chi connectivity index (χ3n) is 3.24. The molecule has 0 aliphatic rings. The lowest BCUT2D eigenvalue weighted by atomic mass is 10.0. The second kappa shape index (κ2) is 7.71. The average molecular weight is 308 g/mol. The van der Waals surface area contributed by atoms with Crippen molar-refractivity contribution in [2.24, 2.45) is 0 Å². The highest BCUT2D eigenvalue weighted by molar-refractivity contribution is 7.98. The average Bonchev–Trinajstić information content (AvgIpc) is 2.54. The van der Waals surface area contributed by atoms with Gasteiger partial charge in [-0.05, 0) is 59.3 Å². The summed E-state index contributed by atoms with van der Waals surface area (Å²) in [5, 5.41) is 12.1. The Morgan fingerprint density at radius 2 is 1.64 bits per heavy atom. The quantitative estimate of drug-likeness (QED) is 0.454. The molecule has 0 spiro atoms. The number of aromatic hydroxyl groups is 1. The Morgan fingerprint density at radius 3 is 2.32 bits per heavy atom. The molecule has 2 heteroatoms. The van der Waals surface area contributed by atoms with Crippen LogP contribution >= 0.6 is 11.8 Å². The van der Waals surface area contributed by atoms with Crippen LogP contribution in [0.1, 0.15) is 6.92 Å². The van der Waals surface area contributed by atoms with Crippen LogP contribution in [0.2, 0.25) is 0 Å². The van der Waals surface area contributed by atoms with E-state index in [1.165, 1.54) is 15.7 Å². The Bertz CT molecular complexity index is 778. The molecule has 0 saturated heterocycles. The van der Waals surface area contributed by atoms with Gasteiger partial charge in [0.1, 0.15) is 5.75 Å². The van der Waals surface area contributed by atoms with Crippen LogP contribution in [0.15, 0.2) is 78.2 Å². The summed E-state index contributed by atoms with van der Waals surface area (Å²) in [6.07, 6.45) is 3.85. The highest BCUT2D eigenvalue weighted by atomic mass is 32.2. The van der Waals surface area contributed by atoms with Gasteiger partial charge in [-0.2, -0.15) is 0 Å². The number of rotatable bonds is 2. The maximum atomic E-state index is 9.57. The number of allylic oxidation sites excluding steroid dienone is 1. The lowest BCUT2D eigenvalue weighted by molar-refractivity contribution is 0.475. The largest absolute Gasteiger partial charge is 0.508 e. The molecule has 0 aliphatic heterocycles. The molecule has 112 valence electrons. The van der Waals surface area contributed by atoms with Crippen LogP contribution in [0.5, 0.6) is 5.75 Å². The van der Waals surface area contributed by atoms with Gasteiger partial charge in [0.25, 0.3) is 0 Å². The Kier molecular flexibility index (Phi) is 5.68. The fourth-order valence-electron chi connectivity index (χ4n) is 2.30. The van der Waals surface area contributed by atoms with E-state index in [1.54, 1.807) is 30.0 Å². The molecule has 0 atom stereocenters. The summed E-state index contributed by atoms with van der Waals surface area (Å²) in [6, 6.07) is 20.1. The van der Waals surface area contributed by atoms with E-state index in [4.69, 9.17) is 0 Å². The van der Waals surface area contributed by atoms with Crippen LogP contribution in [0.25, 0.3) is 21.9 Å². The number of hydrogen-bond donors (Lipinski definition) is 1. The van der Waals surface area contributed by atoms with Crippen molar-refractivity contribution in [2.45, 2.75) is 11.8 Å². The van der Waals surface area contributed by atoms with Crippen molar-refractivity contribution >= 4 is 22.5 Å². The summed E-state index contributed by atoms with van der Waals surface area (Å²) in [4.78, 5) is 1.29. The van der Waals surface area contributed by atoms with Crippen LogP contribution in [0, 0.1) is 0 Å². The van der Waals surface area contributed by atoms with Gasteiger partial charge in [-0.3, -0.25) is 0 Å². The van der Waals surface area contributed by atoms with Crippen LogP contribution in [0.3, 0.4) is 0 Å². The molecule has 0 aliphatic carbocycles. The smallest absolute Gasteiger partial charge is 0.116 e. The number of benzene rings is 3. The van der Waals surface area contributed by atoms with Crippen molar-refractivity contribution in [3.8, 4) is 16.9 Å². The maximum absolute atomic E-state index is 9.57. The van der Waals surface area contributed by atoms with Crippen molar-refractivity contribution in [1.82, 2.24) is 0 Å². The van der Waals surface area contributed by atoms with Crippen molar-refractivity contribution in [3.05, 3.63) is 73.3 Å². The molecule has 0 saturated carbocycles. The predicted molar refractivity (Wildman–Crippen MR) is 98.7 cm³/mol. The zero-order valence-electron chi connectivity index (χ0n) is 12.9. The van der Waals surface area contributed by atoms with Gasteiger partial charge < -0.3 is 5.11 Å². The number of fused-ring (bicyclic) bond motifs is 1. The van der Waals surface area contributed by atoms with Crippen LogP contribution in [-0.2, 0) is 0 Å². The molecular weight excluding hydrogens is 288 g/mol. The first kappa shape index (κ1) is 16.2. The highest BCUT2D eigenvalue weighted by Gasteiger charge is 2.03. The van der Waals surface area contributed by atoms with Crippen molar-refractivity contribution in [3.63, 3.8) is 0 Å². The first-order chi connectivity index (χ1) is 10.7. The molecular formula is C20H20OS. The standard InChI is InChI=1S/C17H14OS.C3H6/c1-19-17-7-3-5-14-10-13(8-9-16(14)17)12-4-2-6-15(18)11-12;1-3-2/h2-11,18H,1H3;3H,1H2,2H3. The molecule has 0 aromatic heterocycles. The molecule has 3 aromatic rings. The third-order valence-corrected chi connectivity index (χ3v) is 4.04. The maximum Gasteiger partial charge on any atom is 0.116 e. The van der Waals surface area contributed by atoms with Gasteiger partial charge in [0.2, 0.25) is 0 Å². The Balaban J connectivity index is 0.000000545. The highest BCUT2D eigenvalue weighted by Crippen LogP contribution is 2.31. The molecule has 3 aromatic carbocycles. The van der Waals surface area contributed by atoms with E-state index in [9.17, 15) is 5.11 Å². The summed E-state index contributed by atoms with van der Waals surface area (Å²) < 4.78 is 0. The van der Waals surface area contributed by atoms with Crippen LogP contribution < -0.4 is 0 Å². The Morgan fingerprint density at radius 1 is 0.955 bits per heavy atom. The van der Waals surface area contributed by atoms with E-state index in [0.29, 0.717) is 5.75 Å². The summed E-state index contributed by atoms with van der Waals surface area (Å²) in [7, 11) is 0. The van der Waals surface area contributed by atoms with Gasteiger partial charge in [0.15, 0.2) is 0 Å². The summed E-state index contributed by atoms with van der Waals surface area (Å²) in [6.45, 7) is 5.25. The molecule has 3 rings (SSSR count). The molecule has 1 N–H and O–H groups in total. The van der Waals surface area contributed by atoms with E-state index < -0.39 is 0 Å². The fraction of sp³-hybridized carbons (Fsp3) is 0.100. The van der Waals surface area contributed by atoms with E-state index in [2.05, 4.69) is 49.2 Å². The summed E-state index contributed by atoms with van der Waals surface area (Å²) in [5.41, 5.74) is 2.16.